The van der Waals surface area contributed by atoms with Crippen LogP contribution in [0, 0.1) is 5.92 Å². The van der Waals surface area contributed by atoms with Crippen molar-refractivity contribution in [1.29, 1.82) is 0 Å². The Hall–Kier alpha value is -1.82. The van der Waals surface area contributed by atoms with Crippen molar-refractivity contribution in [3.8, 4) is 5.75 Å². The van der Waals surface area contributed by atoms with E-state index >= 15 is 0 Å². The number of piperidine rings is 1. The van der Waals surface area contributed by atoms with Crippen LogP contribution in [0.5, 0.6) is 5.75 Å². The zero-order valence-corrected chi connectivity index (χ0v) is 16.1. The Kier molecular flexibility index (Phi) is 6.27. The maximum atomic E-state index is 12.3. The molecule has 0 radical (unpaired) electrons. The highest BCUT2D eigenvalue weighted by Crippen LogP contribution is 2.18. The van der Waals surface area contributed by atoms with Gasteiger partial charge < -0.3 is 14.6 Å². The molecule has 0 aliphatic carbocycles. The molecule has 0 saturated carbocycles. The van der Waals surface area contributed by atoms with Crippen molar-refractivity contribution in [2.75, 3.05) is 20.2 Å². The van der Waals surface area contributed by atoms with Crippen LogP contribution in [0.4, 0.5) is 0 Å². The zero-order chi connectivity index (χ0) is 18.6. The highest BCUT2D eigenvalue weighted by Gasteiger charge is 2.19. The van der Waals surface area contributed by atoms with Gasteiger partial charge in [-0.15, -0.1) is 0 Å². The van der Waals surface area contributed by atoms with Crippen LogP contribution in [0.15, 0.2) is 17.1 Å². The van der Waals surface area contributed by atoms with E-state index < -0.39 is 0 Å². The van der Waals surface area contributed by atoms with E-state index in [4.69, 9.17) is 4.74 Å². The van der Waals surface area contributed by atoms with Crippen LogP contribution < -0.4 is 15.5 Å². The topological polar surface area (TPSA) is 63.6 Å². The monoisotopic (exact) mass is 349 g/mol. The molecule has 1 fully saturated rings. The van der Waals surface area contributed by atoms with E-state index in [2.05, 4.69) is 17.1 Å². The van der Waals surface area contributed by atoms with Crippen LogP contribution in [0.2, 0.25) is 0 Å². The second kappa shape index (κ2) is 8.04. The Bertz CT molecular complexity index is 653. The molecule has 1 aliphatic heterocycles. The fourth-order valence-electron chi connectivity index (χ4n) is 3.09. The second-order valence-electron chi connectivity index (χ2n) is 8.08. The summed E-state index contributed by atoms with van der Waals surface area (Å²) in [5, 5.41) is 2.96. The molecule has 0 bridgehead atoms. The van der Waals surface area contributed by atoms with Crippen molar-refractivity contribution in [2.24, 2.45) is 5.92 Å². The lowest BCUT2D eigenvalue weighted by molar-refractivity contribution is -0.123. The lowest BCUT2D eigenvalue weighted by atomic mass is 9.99. The molecule has 1 N–H and O–H groups in total. The van der Waals surface area contributed by atoms with Crippen LogP contribution in [-0.2, 0) is 17.9 Å². The van der Waals surface area contributed by atoms with Crippen LogP contribution in [0.1, 0.15) is 46.2 Å². The van der Waals surface area contributed by atoms with Crippen LogP contribution in [0.25, 0.3) is 0 Å². The minimum absolute atomic E-state index is 0.0771. The maximum Gasteiger partial charge on any atom is 0.240 e. The van der Waals surface area contributed by atoms with Crippen molar-refractivity contribution in [3.05, 3.63) is 28.2 Å². The highest BCUT2D eigenvalue weighted by molar-refractivity contribution is 5.76. The van der Waals surface area contributed by atoms with Crippen molar-refractivity contribution < 1.29 is 9.53 Å². The summed E-state index contributed by atoms with van der Waals surface area (Å²) in [6, 6.07) is 1.60. The average Bonchev–Trinajstić information content (AvgIpc) is 2.50. The van der Waals surface area contributed by atoms with E-state index in [0.717, 1.165) is 24.7 Å². The van der Waals surface area contributed by atoms with Crippen molar-refractivity contribution in [2.45, 2.75) is 59.2 Å². The van der Waals surface area contributed by atoms with Crippen molar-refractivity contribution in [3.63, 3.8) is 0 Å². The standard InChI is InChI=1S/C19H31N3O3/c1-14-6-8-21(9-7-14)11-15-10-16(23)17(25-5)12-22(15)13-18(24)20-19(2,3)4/h10,12,14H,6-9,11,13H2,1-5H3,(H,20,24). The number of amides is 1. The minimum atomic E-state index is -0.288. The van der Waals surface area contributed by atoms with Gasteiger partial charge in [0.25, 0.3) is 0 Å². The largest absolute Gasteiger partial charge is 0.491 e. The summed E-state index contributed by atoms with van der Waals surface area (Å²) in [5.41, 5.74) is 0.420. The zero-order valence-electron chi connectivity index (χ0n) is 16.1. The normalized spacial score (nSPS) is 16.7. The predicted octanol–water partition coefficient (Wildman–Crippen LogP) is 2.00. The molecule has 0 spiro atoms. The van der Waals surface area contributed by atoms with Gasteiger partial charge >= 0.3 is 0 Å². The number of pyridine rings is 1. The SMILES string of the molecule is COc1cn(CC(=O)NC(C)(C)C)c(CN2CCC(C)CC2)cc1=O. The average molecular weight is 349 g/mol. The summed E-state index contributed by atoms with van der Waals surface area (Å²) in [6.07, 6.45) is 3.99. The number of nitrogens with zero attached hydrogens (tertiary/aromatic N) is 2. The molecule has 1 saturated heterocycles. The molecule has 140 valence electrons. The Morgan fingerprint density at radius 2 is 1.96 bits per heavy atom. The third-order valence-corrected chi connectivity index (χ3v) is 4.49. The summed E-state index contributed by atoms with van der Waals surface area (Å²) in [6.45, 7) is 11.0. The first kappa shape index (κ1) is 19.5. The molecule has 6 heteroatoms. The molecular formula is C19H31N3O3. The van der Waals surface area contributed by atoms with Crippen molar-refractivity contribution >= 4 is 5.91 Å². The van der Waals surface area contributed by atoms with Gasteiger partial charge in [0.1, 0.15) is 6.54 Å². The van der Waals surface area contributed by atoms with Gasteiger partial charge in [-0.25, -0.2) is 0 Å². The van der Waals surface area contributed by atoms with Gasteiger partial charge in [-0.1, -0.05) is 6.92 Å². The Morgan fingerprint density at radius 3 is 2.52 bits per heavy atom. The van der Waals surface area contributed by atoms with E-state index in [1.165, 1.54) is 20.0 Å². The van der Waals surface area contributed by atoms with E-state index in [0.29, 0.717) is 6.54 Å². The number of ether oxygens (including phenoxy) is 1. The highest BCUT2D eigenvalue weighted by atomic mass is 16.5. The maximum absolute atomic E-state index is 12.3. The Balaban J connectivity index is 2.20. The summed E-state index contributed by atoms with van der Waals surface area (Å²) < 4.78 is 6.98. The molecule has 1 aliphatic rings. The summed E-state index contributed by atoms with van der Waals surface area (Å²) in [7, 11) is 1.47. The molecule has 25 heavy (non-hydrogen) atoms. The predicted molar refractivity (Wildman–Crippen MR) is 98.8 cm³/mol. The molecule has 0 atom stereocenters. The third kappa shape index (κ3) is 5.88. The molecule has 1 amide bonds. The van der Waals surface area contributed by atoms with E-state index in [-0.39, 0.29) is 29.2 Å². The molecular weight excluding hydrogens is 318 g/mol. The van der Waals surface area contributed by atoms with Gasteiger partial charge in [-0.2, -0.15) is 0 Å². The first-order valence-electron chi connectivity index (χ1n) is 8.98. The smallest absolute Gasteiger partial charge is 0.240 e. The molecule has 0 aromatic carbocycles. The second-order valence-corrected chi connectivity index (χ2v) is 8.08. The van der Waals surface area contributed by atoms with Crippen LogP contribution >= 0.6 is 0 Å². The van der Waals surface area contributed by atoms with E-state index in [1.807, 2.05) is 25.3 Å². The number of likely N-dealkylation sites (tertiary alicyclic amines) is 1. The molecule has 2 rings (SSSR count). The van der Waals surface area contributed by atoms with Gasteiger partial charge in [-0.05, 0) is 52.6 Å². The molecule has 6 nitrogen and oxygen atoms in total. The summed E-state index contributed by atoms with van der Waals surface area (Å²) in [5.74, 6) is 0.943. The molecule has 0 unspecified atom stereocenters. The van der Waals surface area contributed by atoms with Gasteiger partial charge in [-0.3, -0.25) is 14.5 Å². The lowest BCUT2D eigenvalue weighted by Gasteiger charge is -2.31. The number of hydrogen-bond donors (Lipinski definition) is 1. The number of aromatic nitrogens is 1. The Labute approximate surface area is 150 Å². The first-order valence-corrected chi connectivity index (χ1v) is 8.98. The number of carbonyl (C=O) groups is 1. The van der Waals surface area contributed by atoms with Crippen LogP contribution in [-0.4, -0.2) is 41.1 Å². The number of rotatable bonds is 5. The number of methoxy groups -OCH3 is 1. The van der Waals surface area contributed by atoms with Gasteiger partial charge in [0, 0.05) is 23.8 Å². The molecule has 1 aromatic heterocycles. The Morgan fingerprint density at radius 1 is 1.32 bits per heavy atom. The molecule has 2 heterocycles. The third-order valence-electron chi connectivity index (χ3n) is 4.49. The number of hydrogen-bond acceptors (Lipinski definition) is 4. The first-order chi connectivity index (χ1) is 11.7. The lowest BCUT2D eigenvalue weighted by Crippen LogP contribution is -2.43. The number of nitrogens with one attached hydrogen (secondary N) is 1. The van der Waals surface area contributed by atoms with E-state index in [9.17, 15) is 9.59 Å². The summed E-state index contributed by atoms with van der Waals surface area (Å²) >= 11 is 0. The van der Waals surface area contributed by atoms with Gasteiger partial charge in [0.15, 0.2) is 5.75 Å². The fourth-order valence-corrected chi connectivity index (χ4v) is 3.09. The van der Waals surface area contributed by atoms with Crippen LogP contribution in [0.3, 0.4) is 0 Å². The molecule has 1 aromatic rings. The van der Waals surface area contributed by atoms with E-state index in [1.54, 1.807) is 12.3 Å². The van der Waals surface area contributed by atoms with Crippen molar-refractivity contribution in [1.82, 2.24) is 14.8 Å². The number of carbonyl (C=O) groups excluding carboxylic acids is 1. The van der Waals surface area contributed by atoms with Gasteiger partial charge in [0.2, 0.25) is 11.3 Å². The summed E-state index contributed by atoms with van der Waals surface area (Å²) in [4.78, 5) is 26.9. The minimum Gasteiger partial charge on any atom is -0.491 e. The fraction of sp³-hybridized carbons (Fsp3) is 0.684. The quantitative estimate of drug-likeness (QED) is 0.883. The van der Waals surface area contributed by atoms with Gasteiger partial charge in [0.05, 0.1) is 13.3 Å².